The maximum absolute atomic E-state index is 12.5. The summed E-state index contributed by atoms with van der Waals surface area (Å²) in [7, 11) is 5.15. The molecular weight excluding hydrogens is 546 g/mol. The number of amides is 1. The SMILES string of the molecule is CC[C@H](C[C@H]1C[C@H](c2ccc(COCCOC)cc2)[C@@H](OCc2ccc3c(c2)N(CCCOC)CCO3)CN1)C(=O)NC. The summed E-state index contributed by atoms with van der Waals surface area (Å²) in [6, 6.07) is 15.4. The van der Waals surface area contributed by atoms with Gasteiger partial charge in [-0.25, -0.2) is 0 Å². The Kier molecular flexibility index (Phi) is 13.6. The Morgan fingerprint density at radius 1 is 1.07 bits per heavy atom. The van der Waals surface area contributed by atoms with Crippen LogP contribution in [0.1, 0.15) is 55.2 Å². The quantitative estimate of drug-likeness (QED) is 0.261. The van der Waals surface area contributed by atoms with E-state index >= 15 is 0 Å². The largest absolute Gasteiger partial charge is 0.490 e. The van der Waals surface area contributed by atoms with E-state index in [9.17, 15) is 4.79 Å². The fraction of sp³-hybridized carbons (Fsp3) is 0.618. The Bertz CT molecular complexity index is 1110. The highest BCUT2D eigenvalue weighted by Crippen LogP contribution is 2.35. The molecule has 0 saturated carbocycles. The molecule has 238 valence electrons. The fourth-order valence-corrected chi connectivity index (χ4v) is 6.12. The first-order valence-electron chi connectivity index (χ1n) is 15.8. The molecule has 2 aliphatic rings. The maximum Gasteiger partial charge on any atom is 0.222 e. The molecule has 1 fully saturated rings. The average Bonchev–Trinajstić information content (AvgIpc) is 3.05. The summed E-state index contributed by atoms with van der Waals surface area (Å²) in [4.78, 5) is 14.8. The van der Waals surface area contributed by atoms with Gasteiger partial charge in [0.25, 0.3) is 0 Å². The van der Waals surface area contributed by atoms with E-state index in [4.69, 9.17) is 23.7 Å². The van der Waals surface area contributed by atoms with Gasteiger partial charge in [0.2, 0.25) is 5.91 Å². The molecule has 0 aromatic heterocycles. The molecule has 43 heavy (non-hydrogen) atoms. The summed E-state index contributed by atoms with van der Waals surface area (Å²) < 4.78 is 28.7. The molecule has 0 spiro atoms. The number of hydrogen-bond donors (Lipinski definition) is 2. The first-order chi connectivity index (χ1) is 21.1. The van der Waals surface area contributed by atoms with Crippen molar-refractivity contribution in [2.45, 2.75) is 63.9 Å². The molecule has 9 nitrogen and oxygen atoms in total. The number of methoxy groups -OCH3 is 2. The molecule has 2 aliphatic heterocycles. The van der Waals surface area contributed by atoms with E-state index in [0.29, 0.717) is 33.0 Å². The minimum atomic E-state index is -0.00297. The van der Waals surface area contributed by atoms with Gasteiger partial charge in [-0.2, -0.15) is 0 Å². The highest BCUT2D eigenvalue weighted by atomic mass is 16.5. The van der Waals surface area contributed by atoms with Crippen LogP contribution in [0.2, 0.25) is 0 Å². The van der Waals surface area contributed by atoms with Gasteiger partial charge in [0.05, 0.1) is 44.8 Å². The van der Waals surface area contributed by atoms with Gasteiger partial charge in [0.15, 0.2) is 0 Å². The van der Waals surface area contributed by atoms with Crippen molar-refractivity contribution >= 4 is 11.6 Å². The number of hydrogen-bond acceptors (Lipinski definition) is 8. The van der Waals surface area contributed by atoms with Gasteiger partial charge in [-0.1, -0.05) is 37.3 Å². The summed E-state index contributed by atoms with van der Waals surface area (Å²) in [5.41, 5.74) is 4.66. The second-order valence-electron chi connectivity index (χ2n) is 11.5. The predicted octanol–water partition coefficient (Wildman–Crippen LogP) is 4.28. The second kappa shape index (κ2) is 17.6. The molecular formula is C34H51N3O6. The number of benzene rings is 2. The third-order valence-corrected chi connectivity index (χ3v) is 8.61. The lowest BCUT2D eigenvalue weighted by atomic mass is 9.81. The van der Waals surface area contributed by atoms with Crippen LogP contribution in [0, 0.1) is 5.92 Å². The molecule has 0 radical (unpaired) electrons. The minimum Gasteiger partial charge on any atom is -0.490 e. The molecule has 9 heteroatoms. The Labute approximate surface area is 257 Å². The van der Waals surface area contributed by atoms with Crippen LogP contribution < -0.4 is 20.3 Å². The van der Waals surface area contributed by atoms with Crippen LogP contribution in [0.5, 0.6) is 5.75 Å². The van der Waals surface area contributed by atoms with Gasteiger partial charge in [-0.05, 0) is 54.5 Å². The number of rotatable bonds is 17. The Morgan fingerprint density at radius 3 is 2.60 bits per heavy atom. The molecule has 4 atom stereocenters. The van der Waals surface area contributed by atoms with Crippen LogP contribution in [0.25, 0.3) is 0 Å². The number of nitrogens with zero attached hydrogens (tertiary/aromatic N) is 1. The summed E-state index contributed by atoms with van der Waals surface area (Å²) in [6.45, 7) is 8.33. The van der Waals surface area contributed by atoms with Gasteiger partial charge in [-0.3, -0.25) is 4.79 Å². The average molecular weight is 598 g/mol. The molecule has 4 rings (SSSR count). The lowest BCUT2D eigenvalue weighted by Gasteiger charge is -2.38. The summed E-state index contributed by atoms with van der Waals surface area (Å²) in [6.07, 6.45) is 3.53. The van der Waals surface area contributed by atoms with Crippen LogP contribution in [0.4, 0.5) is 5.69 Å². The Hall–Kier alpha value is -2.69. The van der Waals surface area contributed by atoms with Crippen LogP contribution in [-0.2, 0) is 37.0 Å². The van der Waals surface area contributed by atoms with Crippen molar-refractivity contribution in [3.05, 3.63) is 59.2 Å². The normalized spacial score (nSPS) is 20.7. The van der Waals surface area contributed by atoms with Gasteiger partial charge < -0.3 is 39.2 Å². The van der Waals surface area contributed by atoms with Gasteiger partial charge in [0, 0.05) is 58.8 Å². The zero-order valence-electron chi connectivity index (χ0n) is 26.4. The first kappa shape index (κ1) is 33.2. The maximum atomic E-state index is 12.5. The fourth-order valence-electron chi connectivity index (χ4n) is 6.12. The number of anilines is 1. The van der Waals surface area contributed by atoms with E-state index in [1.807, 2.05) is 0 Å². The number of nitrogens with one attached hydrogen (secondary N) is 2. The predicted molar refractivity (Wildman–Crippen MR) is 169 cm³/mol. The van der Waals surface area contributed by atoms with Crippen molar-refractivity contribution in [3.63, 3.8) is 0 Å². The van der Waals surface area contributed by atoms with Gasteiger partial charge in [-0.15, -0.1) is 0 Å². The van der Waals surface area contributed by atoms with Crippen molar-refractivity contribution < 1.29 is 28.5 Å². The van der Waals surface area contributed by atoms with Crippen molar-refractivity contribution in [2.24, 2.45) is 5.92 Å². The van der Waals surface area contributed by atoms with E-state index in [-0.39, 0.29) is 29.9 Å². The molecule has 1 amide bonds. The summed E-state index contributed by atoms with van der Waals surface area (Å²) in [5.74, 6) is 1.25. The summed E-state index contributed by atoms with van der Waals surface area (Å²) >= 11 is 0. The lowest BCUT2D eigenvalue weighted by Crippen LogP contribution is -2.48. The number of ether oxygens (including phenoxy) is 5. The van der Waals surface area contributed by atoms with E-state index < -0.39 is 0 Å². The Balaban J connectivity index is 1.45. The monoisotopic (exact) mass is 597 g/mol. The van der Waals surface area contributed by atoms with Gasteiger partial charge in [0.1, 0.15) is 12.4 Å². The number of fused-ring (bicyclic) bond motifs is 1. The zero-order chi connectivity index (χ0) is 30.4. The summed E-state index contributed by atoms with van der Waals surface area (Å²) in [5, 5.41) is 6.54. The molecule has 2 N–H and O–H groups in total. The topological polar surface area (TPSA) is 90.5 Å². The van der Waals surface area contributed by atoms with Crippen molar-refractivity contribution in [1.82, 2.24) is 10.6 Å². The van der Waals surface area contributed by atoms with Crippen molar-refractivity contribution in [2.75, 3.05) is 72.2 Å². The third-order valence-electron chi connectivity index (χ3n) is 8.61. The van der Waals surface area contributed by atoms with E-state index in [1.165, 1.54) is 5.56 Å². The molecule has 2 heterocycles. The molecule has 0 bridgehead atoms. The highest BCUT2D eigenvalue weighted by molar-refractivity contribution is 5.78. The van der Waals surface area contributed by atoms with Crippen molar-refractivity contribution in [1.29, 1.82) is 0 Å². The zero-order valence-corrected chi connectivity index (χ0v) is 26.4. The molecule has 2 aromatic rings. The minimum absolute atomic E-state index is 0.00297. The van der Waals surface area contributed by atoms with Crippen LogP contribution in [-0.4, -0.2) is 85.4 Å². The molecule has 0 unspecified atom stereocenters. The number of carbonyl (C=O) groups excluding carboxylic acids is 1. The highest BCUT2D eigenvalue weighted by Gasteiger charge is 2.34. The second-order valence-corrected chi connectivity index (χ2v) is 11.5. The third kappa shape index (κ3) is 9.65. The van der Waals surface area contributed by atoms with Crippen LogP contribution in [0.15, 0.2) is 42.5 Å². The lowest BCUT2D eigenvalue weighted by molar-refractivity contribution is -0.125. The first-order valence-corrected chi connectivity index (χ1v) is 15.8. The van der Waals surface area contributed by atoms with E-state index in [0.717, 1.165) is 74.5 Å². The van der Waals surface area contributed by atoms with Crippen LogP contribution >= 0.6 is 0 Å². The Morgan fingerprint density at radius 2 is 1.86 bits per heavy atom. The smallest absolute Gasteiger partial charge is 0.222 e. The standard InChI is InChI=1S/C34H51N3O6/c1-5-27(34(38)35-2)20-29-21-30(28-10-7-25(8-11-28)23-41-18-17-40-4)33(22-36-29)43-24-26-9-12-32-31(19-26)37(14-16-42-32)13-6-15-39-3/h7-12,19,27,29-30,33,36H,5-6,13-18,20-24H2,1-4H3,(H,35,38)/t27-,29+,30-,33+/m1/s1. The number of piperidine rings is 1. The number of carbonyl (C=O) groups is 1. The van der Waals surface area contributed by atoms with Crippen LogP contribution in [0.3, 0.4) is 0 Å². The molecule has 1 saturated heterocycles. The van der Waals surface area contributed by atoms with Gasteiger partial charge >= 0.3 is 0 Å². The van der Waals surface area contributed by atoms with E-state index in [1.54, 1.807) is 21.3 Å². The molecule has 0 aliphatic carbocycles. The molecule has 2 aromatic carbocycles. The van der Waals surface area contributed by atoms with Crippen molar-refractivity contribution in [3.8, 4) is 5.75 Å². The van der Waals surface area contributed by atoms with E-state index in [2.05, 4.69) is 64.9 Å².